The first kappa shape index (κ1) is 33.5. The number of nitrogens with one attached hydrogen (secondary N) is 1. The molecule has 0 aliphatic heterocycles. The van der Waals surface area contributed by atoms with Crippen LogP contribution in [0.5, 0.6) is 0 Å². The zero-order valence-corrected chi connectivity index (χ0v) is 22.0. The lowest BCUT2D eigenvalue weighted by Gasteiger charge is -2.16. The van der Waals surface area contributed by atoms with E-state index in [1.54, 1.807) is 13.0 Å². The van der Waals surface area contributed by atoms with Crippen LogP contribution in [0.25, 0.3) is 5.82 Å². The van der Waals surface area contributed by atoms with Crippen LogP contribution in [-0.2, 0) is 24.9 Å². The highest BCUT2D eigenvalue weighted by Crippen LogP contribution is 2.32. The minimum atomic E-state index is -4.72. The van der Waals surface area contributed by atoms with Crippen LogP contribution in [0.4, 0.5) is 39.5 Å². The summed E-state index contributed by atoms with van der Waals surface area (Å²) in [7, 11) is 0. The number of aromatic nitrogens is 5. The number of carboxylic acid groups (broad SMARTS) is 1. The van der Waals surface area contributed by atoms with E-state index in [4.69, 9.17) is 5.11 Å². The smallest absolute Gasteiger partial charge is 0.435 e. The van der Waals surface area contributed by atoms with Gasteiger partial charge in [0.2, 0.25) is 0 Å². The minimum Gasteiger partial charge on any atom is -0.476 e. The first-order valence-corrected chi connectivity index (χ1v) is 12.0. The van der Waals surface area contributed by atoms with E-state index in [1.165, 1.54) is 12.3 Å². The van der Waals surface area contributed by atoms with E-state index in [0.29, 0.717) is 11.6 Å². The van der Waals surface area contributed by atoms with Crippen LogP contribution in [0.3, 0.4) is 0 Å². The standard InChI is InChI=1S/C19H15F6N5O.C7H4F3NO2/c1-11(28-17(31)16-13(18(20,21)22)3-2-7-26-16)9-12-4-5-15(27-10-12)30-8-6-14(29-30)19(23,24)25;8-7(9,10)4-2-1-3-11-5(4)6(12)13/h2-8,10-11H,9H2,1H3,(H,28,31);1-3H,(H,12,13). The van der Waals surface area contributed by atoms with Gasteiger partial charge in [0.25, 0.3) is 5.91 Å². The number of pyridine rings is 3. The van der Waals surface area contributed by atoms with Crippen molar-refractivity contribution in [2.24, 2.45) is 0 Å². The van der Waals surface area contributed by atoms with E-state index in [9.17, 15) is 49.1 Å². The Labute approximate surface area is 241 Å². The monoisotopic (exact) mass is 634 g/mol. The average molecular weight is 634 g/mol. The van der Waals surface area contributed by atoms with Crippen molar-refractivity contribution in [2.45, 2.75) is 37.9 Å². The fourth-order valence-electron chi connectivity index (χ4n) is 3.59. The molecule has 1 unspecified atom stereocenters. The van der Waals surface area contributed by atoms with Gasteiger partial charge in [-0.15, -0.1) is 0 Å². The zero-order chi connectivity index (χ0) is 32.9. The summed E-state index contributed by atoms with van der Waals surface area (Å²) in [6.07, 6.45) is -9.15. The topological polar surface area (TPSA) is 123 Å². The van der Waals surface area contributed by atoms with Crippen LogP contribution >= 0.6 is 0 Å². The van der Waals surface area contributed by atoms with Gasteiger partial charge >= 0.3 is 24.5 Å². The molecule has 44 heavy (non-hydrogen) atoms. The van der Waals surface area contributed by atoms with Crippen molar-refractivity contribution in [2.75, 3.05) is 0 Å². The predicted molar refractivity (Wildman–Crippen MR) is 132 cm³/mol. The highest BCUT2D eigenvalue weighted by Gasteiger charge is 2.37. The van der Waals surface area contributed by atoms with E-state index in [1.807, 2.05) is 0 Å². The maximum absolute atomic E-state index is 13.0. The molecule has 18 heteroatoms. The Kier molecular flexibility index (Phi) is 9.96. The predicted octanol–water partition coefficient (Wildman–Crippen LogP) is 5.86. The van der Waals surface area contributed by atoms with E-state index in [-0.39, 0.29) is 12.2 Å². The van der Waals surface area contributed by atoms with Crippen LogP contribution < -0.4 is 5.32 Å². The van der Waals surface area contributed by atoms with Gasteiger partial charge in [-0.05, 0) is 55.3 Å². The summed E-state index contributed by atoms with van der Waals surface area (Å²) in [6.45, 7) is 1.59. The minimum absolute atomic E-state index is 0.152. The summed E-state index contributed by atoms with van der Waals surface area (Å²) in [5.41, 5.74) is -4.52. The normalized spacial score (nSPS) is 12.6. The number of nitrogens with zero attached hydrogens (tertiary/aromatic N) is 5. The molecule has 9 nitrogen and oxygen atoms in total. The van der Waals surface area contributed by atoms with Gasteiger partial charge in [-0.3, -0.25) is 9.78 Å². The van der Waals surface area contributed by atoms with E-state index in [2.05, 4.69) is 25.4 Å². The van der Waals surface area contributed by atoms with Gasteiger partial charge in [-0.1, -0.05) is 6.07 Å². The quantitative estimate of drug-likeness (QED) is 0.255. The Hall–Kier alpha value is -5.03. The molecule has 4 aromatic rings. The van der Waals surface area contributed by atoms with Crippen LogP contribution in [0.15, 0.2) is 67.3 Å². The van der Waals surface area contributed by atoms with Crippen LogP contribution in [0.1, 0.15) is 50.3 Å². The molecular weight excluding hydrogens is 615 g/mol. The molecule has 2 N–H and O–H groups in total. The van der Waals surface area contributed by atoms with E-state index < -0.39 is 64.7 Å². The summed E-state index contributed by atoms with van der Waals surface area (Å²) >= 11 is 0. The van der Waals surface area contributed by atoms with Crippen molar-refractivity contribution in [1.82, 2.24) is 30.0 Å². The molecule has 0 spiro atoms. The molecular formula is C26H19F9N6O3. The molecule has 1 amide bonds. The Morgan fingerprint density at radius 1 is 0.818 bits per heavy atom. The van der Waals surface area contributed by atoms with Crippen LogP contribution in [0, 0.1) is 0 Å². The van der Waals surface area contributed by atoms with Gasteiger partial charge in [-0.2, -0.15) is 44.6 Å². The van der Waals surface area contributed by atoms with Gasteiger partial charge in [0.1, 0.15) is 5.69 Å². The summed E-state index contributed by atoms with van der Waals surface area (Å²) in [5, 5.41) is 14.2. The van der Waals surface area contributed by atoms with Gasteiger partial charge in [-0.25, -0.2) is 19.4 Å². The van der Waals surface area contributed by atoms with Crippen molar-refractivity contribution >= 4 is 11.9 Å². The van der Waals surface area contributed by atoms with Crippen molar-refractivity contribution in [3.05, 3.63) is 101 Å². The molecule has 0 saturated carbocycles. The third kappa shape index (κ3) is 8.74. The van der Waals surface area contributed by atoms with Crippen molar-refractivity contribution < 1.29 is 54.2 Å². The Balaban J connectivity index is 0.000000340. The second-order valence-electron chi connectivity index (χ2n) is 8.85. The maximum Gasteiger partial charge on any atom is 0.435 e. The van der Waals surface area contributed by atoms with Crippen molar-refractivity contribution in [3.63, 3.8) is 0 Å². The lowest BCUT2D eigenvalue weighted by atomic mass is 10.1. The van der Waals surface area contributed by atoms with Crippen LogP contribution in [0.2, 0.25) is 0 Å². The Bertz CT molecular complexity index is 1600. The molecule has 4 aromatic heterocycles. The number of aromatic carboxylic acids is 1. The molecule has 0 saturated heterocycles. The molecule has 0 radical (unpaired) electrons. The third-order valence-corrected chi connectivity index (χ3v) is 5.49. The third-order valence-electron chi connectivity index (χ3n) is 5.49. The molecule has 1 atom stereocenters. The summed E-state index contributed by atoms with van der Waals surface area (Å²) in [5.74, 6) is -2.51. The first-order chi connectivity index (χ1) is 20.4. The highest BCUT2D eigenvalue weighted by molar-refractivity contribution is 5.94. The molecule has 0 fully saturated rings. The number of hydrogen-bond donors (Lipinski definition) is 2. The number of amides is 1. The fourth-order valence-corrected chi connectivity index (χ4v) is 3.59. The molecule has 0 aromatic carbocycles. The zero-order valence-electron chi connectivity index (χ0n) is 22.0. The van der Waals surface area contributed by atoms with Crippen LogP contribution in [-0.4, -0.2) is 47.8 Å². The number of halogens is 9. The Morgan fingerprint density at radius 3 is 1.84 bits per heavy atom. The Morgan fingerprint density at radius 2 is 1.39 bits per heavy atom. The fraction of sp³-hybridized carbons (Fsp3) is 0.231. The lowest BCUT2D eigenvalue weighted by Crippen LogP contribution is -2.35. The molecule has 4 rings (SSSR count). The molecule has 4 heterocycles. The SMILES string of the molecule is CC(Cc1ccc(-n2ccc(C(F)(F)F)n2)nc1)NC(=O)c1ncccc1C(F)(F)F.O=C(O)c1ncccc1C(F)(F)F. The maximum atomic E-state index is 13.0. The summed E-state index contributed by atoms with van der Waals surface area (Å²) in [4.78, 5) is 33.2. The second-order valence-corrected chi connectivity index (χ2v) is 8.85. The van der Waals surface area contributed by atoms with Gasteiger partial charge in [0.15, 0.2) is 17.2 Å². The largest absolute Gasteiger partial charge is 0.476 e. The number of rotatable bonds is 6. The highest BCUT2D eigenvalue weighted by atomic mass is 19.4. The lowest BCUT2D eigenvalue weighted by molar-refractivity contribution is -0.141. The molecule has 0 aliphatic rings. The number of alkyl halides is 9. The number of carboxylic acids is 1. The molecule has 0 aliphatic carbocycles. The van der Waals surface area contributed by atoms with Gasteiger partial charge in [0, 0.05) is 30.8 Å². The molecule has 234 valence electrons. The van der Waals surface area contributed by atoms with Crippen molar-refractivity contribution in [1.29, 1.82) is 0 Å². The number of carbonyl (C=O) groups is 2. The summed E-state index contributed by atoms with van der Waals surface area (Å²) in [6, 6.07) is 6.85. The van der Waals surface area contributed by atoms with E-state index >= 15 is 0 Å². The van der Waals surface area contributed by atoms with Gasteiger partial charge < -0.3 is 10.4 Å². The summed E-state index contributed by atoms with van der Waals surface area (Å²) < 4.78 is 114. The van der Waals surface area contributed by atoms with Crippen molar-refractivity contribution in [3.8, 4) is 5.82 Å². The number of carbonyl (C=O) groups excluding carboxylic acids is 1. The number of hydrogen-bond acceptors (Lipinski definition) is 6. The first-order valence-electron chi connectivity index (χ1n) is 12.0. The second kappa shape index (κ2) is 13.1. The average Bonchev–Trinajstić information content (AvgIpc) is 3.44. The van der Waals surface area contributed by atoms with Gasteiger partial charge in [0.05, 0.1) is 11.1 Å². The van der Waals surface area contributed by atoms with E-state index in [0.717, 1.165) is 47.5 Å². The molecule has 0 bridgehead atoms.